The second-order valence-corrected chi connectivity index (χ2v) is 3.02. The van der Waals surface area contributed by atoms with Crippen molar-refractivity contribution in [1.29, 1.82) is 0 Å². The lowest BCUT2D eigenvalue weighted by Crippen LogP contribution is -2.52. The van der Waals surface area contributed by atoms with Crippen LogP contribution in [-0.2, 0) is 9.59 Å². The minimum Gasteiger partial charge on any atom is -0.368 e. The van der Waals surface area contributed by atoms with Crippen LogP contribution in [0, 0.1) is 0 Å². The Morgan fingerprint density at radius 3 is 2.25 bits per heavy atom. The number of rotatable bonds is 4. The second-order valence-electron chi connectivity index (χ2n) is 3.02. The van der Waals surface area contributed by atoms with Gasteiger partial charge in [-0.25, -0.2) is 0 Å². The van der Waals surface area contributed by atoms with Crippen molar-refractivity contribution in [1.82, 2.24) is 10.6 Å². The van der Waals surface area contributed by atoms with E-state index in [1.807, 2.05) is 0 Å². The van der Waals surface area contributed by atoms with Crippen molar-refractivity contribution in [3.63, 3.8) is 0 Å². The van der Waals surface area contributed by atoms with Gasteiger partial charge < -0.3 is 16.4 Å². The monoisotopic (exact) mass is 173 g/mol. The molecule has 0 aliphatic heterocycles. The highest BCUT2D eigenvalue weighted by Crippen LogP contribution is 1.99. The van der Waals surface area contributed by atoms with Crippen molar-refractivity contribution in [2.75, 3.05) is 13.6 Å². The van der Waals surface area contributed by atoms with Gasteiger partial charge in [0.05, 0.1) is 12.1 Å². The highest BCUT2D eigenvalue weighted by molar-refractivity contribution is 5.89. The zero-order valence-corrected chi connectivity index (χ0v) is 7.60. The van der Waals surface area contributed by atoms with Gasteiger partial charge in [-0.1, -0.05) is 0 Å². The number of hydrogen-bond donors (Lipinski definition) is 3. The predicted octanol–water partition coefficient (Wildman–Crippen LogP) is -1.41. The molecule has 0 unspecified atom stereocenters. The first kappa shape index (κ1) is 10.9. The zero-order valence-electron chi connectivity index (χ0n) is 7.60. The molecule has 0 aromatic heterocycles. The molecule has 0 saturated heterocycles. The maximum atomic E-state index is 11.2. The summed E-state index contributed by atoms with van der Waals surface area (Å²) in [4.78, 5) is 21.5. The van der Waals surface area contributed by atoms with Crippen LogP contribution in [0.25, 0.3) is 0 Å². The number of carbonyl (C=O) groups excluding carboxylic acids is 2. The van der Waals surface area contributed by atoms with Crippen molar-refractivity contribution in [3.05, 3.63) is 0 Å². The van der Waals surface area contributed by atoms with Gasteiger partial charge in [-0.3, -0.25) is 9.59 Å². The molecular weight excluding hydrogens is 158 g/mol. The molecule has 0 aliphatic carbocycles. The van der Waals surface area contributed by atoms with E-state index in [0.29, 0.717) is 0 Å². The van der Waals surface area contributed by atoms with Crippen LogP contribution >= 0.6 is 0 Å². The molecule has 0 heterocycles. The number of primary amides is 1. The maximum absolute atomic E-state index is 11.2. The molecule has 12 heavy (non-hydrogen) atoms. The molecule has 5 heteroatoms. The molecule has 5 nitrogen and oxygen atoms in total. The van der Waals surface area contributed by atoms with Crippen LogP contribution in [-0.4, -0.2) is 30.9 Å². The van der Waals surface area contributed by atoms with Crippen molar-refractivity contribution in [2.45, 2.75) is 19.4 Å². The van der Waals surface area contributed by atoms with Crippen LogP contribution < -0.4 is 16.4 Å². The quantitative estimate of drug-likeness (QED) is 0.488. The Kier molecular flexibility index (Phi) is 3.69. The second kappa shape index (κ2) is 4.06. The molecule has 0 radical (unpaired) electrons. The van der Waals surface area contributed by atoms with E-state index in [2.05, 4.69) is 10.6 Å². The van der Waals surface area contributed by atoms with Gasteiger partial charge in [-0.05, 0) is 20.9 Å². The summed E-state index contributed by atoms with van der Waals surface area (Å²) in [5, 5.41) is 5.20. The molecular formula is C7H15N3O2. The third-order valence-electron chi connectivity index (χ3n) is 1.62. The lowest BCUT2D eigenvalue weighted by molar-refractivity contribution is -0.128. The highest BCUT2D eigenvalue weighted by atomic mass is 16.2. The molecule has 0 saturated carbocycles. The highest BCUT2D eigenvalue weighted by Gasteiger charge is 2.24. The summed E-state index contributed by atoms with van der Waals surface area (Å²) in [6, 6.07) is 0. The lowest BCUT2D eigenvalue weighted by atomic mass is 10.1. The van der Waals surface area contributed by atoms with Gasteiger partial charge in [0.15, 0.2) is 0 Å². The smallest absolute Gasteiger partial charge is 0.240 e. The van der Waals surface area contributed by atoms with Crippen LogP contribution in [0.3, 0.4) is 0 Å². The summed E-state index contributed by atoms with van der Waals surface area (Å²) in [5.41, 5.74) is 4.18. The average Bonchev–Trinajstić information content (AvgIpc) is 2.00. The summed E-state index contributed by atoms with van der Waals surface area (Å²) < 4.78 is 0. The van der Waals surface area contributed by atoms with E-state index in [-0.39, 0.29) is 12.5 Å². The fourth-order valence-corrected chi connectivity index (χ4v) is 0.502. The topological polar surface area (TPSA) is 84.2 Å². The van der Waals surface area contributed by atoms with Gasteiger partial charge in [0.1, 0.15) is 0 Å². The Balaban J connectivity index is 3.96. The summed E-state index contributed by atoms with van der Waals surface area (Å²) >= 11 is 0. The third kappa shape index (κ3) is 3.34. The van der Waals surface area contributed by atoms with Crippen LogP contribution in [0.4, 0.5) is 0 Å². The van der Waals surface area contributed by atoms with Gasteiger partial charge in [0.2, 0.25) is 11.8 Å². The number of nitrogens with two attached hydrogens (primary N) is 1. The van der Waals surface area contributed by atoms with E-state index < -0.39 is 11.4 Å². The summed E-state index contributed by atoms with van der Waals surface area (Å²) in [7, 11) is 1.67. The minimum absolute atomic E-state index is 0.121. The predicted molar refractivity (Wildman–Crippen MR) is 45.3 cm³/mol. The van der Waals surface area contributed by atoms with Gasteiger partial charge >= 0.3 is 0 Å². The van der Waals surface area contributed by atoms with E-state index in [0.717, 1.165) is 0 Å². The molecule has 2 amide bonds. The van der Waals surface area contributed by atoms with Crippen molar-refractivity contribution < 1.29 is 9.59 Å². The van der Waals surface area contributed by atoms with Gasteiger partial charge in [0, 0.05) is 0 Å². The van der Waals surface area contributed by atoms with Crippen molar-refractivity contribution in [2.24, 2.45) is 5.73 Å². The standard InChI is InChI=1S/C7H15N3O2/c1-7(2,9-3)6(12)10-4-5(8)11/h9H,4H2,1-3H3,(H2,8,11)(H,10,12). The molecule has 0 aromatic rings. The molecule has 70 valence electrons. The first-order valence-electron chi connectivity index (χ1n) is 3.65. The number of hydrogen-bond acceptors (Lipinski definition) is 3. The lowest BCUT2D eigenvalue weighted by Gasteiger charge is -2.22. The molecule has 0 rings (SSSR count). The molecule has 0 fully saturated rings. The average molecular weight is 173 g/mol. The van der Waals surface area contributed by atoms with Crippen LogP contribution in [0.5, 0.6) is 0 Å². The van der Waals surface area contributed by atoms with E-state index >= 15 is 0 Å². The SMILES string of the molecule is CNC(C)(C)C(=O)NCC(N)=O. The normalized spacial score (nSPS) is 10.9. The van der Waals surface area contributed by atoms with Gasteiger partial charge in [-0.2, -0.15) is 0 Å². The molecule has 0 atom stereocenters. The molecule has 0 spiro atoms. The summed E-state index contributed by atoms with van der Waals surface area (Å²) in [6.45, 7) is 3.30. The summed E-state index contributed by atoms with van der Waals surface area (Å²) in [6.07, 6.45) is 0. The number of likely N-dealkylation sites (N-methyl/N-ethyl adjacent to an activating group) is 1. The zero-order chi connectivity index (χ0) is 9.78. The van der Waals surface area contributed by atoms with Gasteiger partial charge in [0.25, 0.3) is 0 Å². The first-order valence-corrected chi connectivity index (χ1v) is 3.65. The van der Waals surface area contributed by atoms with E-state index in [1.54, 1.807) is 20.9 Å². The molecule has 0 aromatic carbocycles. The van der Waals surface area contributed by atoms with Crippen molar-refractivity contribution >= 4 is 11.8 Å². The molecule has 0 bridgehead atoms. The fourth-order valence-electron chi connectivity index (χ4n) is 0.502. The minimum atomic E-state index is -0.671. The Labute approximate surface area is 71.7 Å². The van der Waals surface area contributed by atoms with Crippen LogP contribution in [0.15, 0.2) is 0 Å². The first-order chi connectivity index (χ1) is 5.40. The van der Waals surface area contributed by atoms with Gasteiger partial charge in [-0.15, -0.1) is 0 Å². The Morgan fingerprint density at radius 2 is 1.92 bits per heavy atom. The fraction of sp³-hybridized carbons (Fsp3) is 0.714. The number of carbonyl (C=O) groups is 2. The van der Waals surface area contributed by atoms with Crippen LogP contribution in [0.1, 0.15) is 13.8 Å². The van der Waals surface area contributed by atoms with E-state index in [4.69, 9.17) is 5.73 Å². The molecule has 4 N–H and O–H groups in total. The largest absolute Gasteiger partial charge is 0.368 e. The van der Waals surface area contributed by atoms with E-state index in [1.165, 1.54) is 0 Å². The molecule has 0 aliphatic rings. The van der Waals surface area contributed by atoms with Crippen LogP contribution in [0.2, 0.25) is 0 Å². The maximum Gasteiger partial charge on any atom is 0.240 e. The van der Waals surface area contributed by atoms with E-state index in [9.17, 15) is 9.59 Å². The Bertz CT molecular complexity index is 189. The summed E-state index contributed by atoms with van der Waals surface area (Å²) in [5.74, 6) is -0.793. The Hall–Kier alpha value is -1.10. The number of nitrogens with one attached hydrogen (secondary N) is 2. The third-order valence-corrected chi connectivity index (χ3v) is 1.62. The van der Waals surface area contributed by atoms with Crippen molar-refractivity contribution in [3.8, 4) is 0 Å². The number of amides is 2. The Morgan fingerprint density at radius 1 is 1.42 bits per heavy atom.